The second kappa shape index (κ2) is 12.3. The van der Waals surface area contributed by atoms with Gasteiger partial charge in [0.1, 0.15) is 12.1 Å². The van der Waals surface area contributed by atoms with Crippen LogP contribution in [0, 0.1) is 5.92 Å². The van der Waals surface area contributed by atoms with E-state index in [0.717, 1.165) is 0 Å². The standard InChI is InChI=1S/C16H27N5O8/c1-7(2)13(16(28)29)21-11(23)6-19-15(27)9(3-4-12(24)25)20-14(26)8(17)5-10(18)22/h7-9,13H,3-6,17H2,1-2H3,(H2,18,22)(H,19,27)(H,20,26)(H,21,23)(H,24,25)(H,28,29). The molecule has 13 nitrogen and oxygen atoms in total. The van der Waals surface area contributed by atoms with Gasteiger partial charge in [0.25, 0.3) is 0 Å². The number of carboxylic acid groups (broad SMARTS) is 2. The summed E-state index contributed by atoms with van der Waals surface area (Å²) in [4.78, 5) is 68.7. The van der Waals surface area contributed by atoms with Crippen molar-refractivity contribution in [1.82, 2.24) is 16.0 Å². The molecule has 13 heteroatoms. The first-order valence-electron chi connectivity index (χ1n) is 8.71. The Morgan fingerprint density at radius 2 is 1.55 bits per heavy atom. The van der Waals surface area contributed by atoms with E-state index in [1.807, 2.05) is 0 Å². The Labute approximate surface area is 166 Å². The van der Waals surface area contributed by atoms with Gasteiger partial charge in [-0.25, -0.2) is 4.79 Å². The van der Waals surface area contributed by atoms with E-state index in [2.05, 4.69) is 16.0 Å². The molecular formula is C16H27N5O8. The number of carbonyl (C=O) groups is 6. The zero-order chi connectivity index (χ0) is 22.7. The molecule has 164 valence electrons. The molecule has 0 spiro atoms. The zero-order valence-electron chi connectivity index (χ0n) is 16.1. The topological polar surface area (TPSA) is 231 Å². The lowest BCUT2D eigenvalue weighted by atomic mass is 10.0. The van der Waals surface area contributed by atoms with Gasteiger partial charge in [0.2, 0.25) is 23.6 Å². The van der Waals surface area contributed by atoms with Crippen molar-refractivity contribution in [3.63, 3.8) is 0 Å². The predicted molar refractivity (Wildman–Crippen MR) is 98.0 cm³/mol. The van der Waals surface area contributed by atoms with Crippen LogP contribution in [0.3, 0.4) is 0 Å². The molecule has 0 aliphatic rings. The van der Waals surface area contributed by atoms with E-state index in [0.29, 0.717) is 0 Å². The molecule has 0 aromatic carbocycles. The number of aliphatic carboxylic acids is 2. The van der Waals surface area contributed by atoms with E-state index in [-0.39, 0.29) is 6.42 Å². The summed E-state index contributed by atoms with van der Waals surface area (Å²) >= 11 is 0. The highest BCUT2D eigenvalue weighted by Crippen LogP contribution is 2.02. The number of nitrogens with one attached hydrogen (secondary N) is 3. The van der Waals surface area contributed by atoms with Crippen LogP contribution in [-0.2, 0) is 28.8 Å². The van der Waals surface area contributed by atoms with Gasteiger partial charge in [-0.2, -0.15) is 0 Å². The molecule has 0 aliphatic heterocycles. The van der Waals surface area contributed by atoms with Crippen molar-refractivity contribution in [2.75, 3.05) is 6.54 Å². The summed E-state index contributed by atoms with van der Waals surface area (Å²) < 4.78 is 0. The minimum atomic E-state index is -1.34. The lowest BCUT2D eigenvalue weighted by Crippen LogP contribution is -2.54. The molecule has 0 aromatic heterocycles. The highest BCUT2D eigenvalue weighted by atomic mass is 16.4. The van der Waals surface area contributed by atoms with Crippen molar-refractivity contribution >= 4 is 35.6 Å². The third-order valence-corrected chi connectivity index (χ3v) is 3.71. The molecule has 4 amide bonds. The van der Waals surface area contributed by atoms with Crippen LogP contribution in [0.2, 0.25) is 0 Å². The van der Waals surface area contributed by atoms with Crippen molar-refractivity contribution in [3.05, 3.63) is 0 Å². The Hall–Kier alpha value is -3.22. The Kier molecular flexibility index (Phi) is 10.9. The lowest BCUT2D eigenvalue weighted by Gasteiger charge is -2.21. The quantitative estimate of drug-likeness (QED) is 0.160. The summed E-state index contributed by atoms with van der Waals surface area (Å²) in [5.41, 5.74) is 10.4. The van der Waals surface area contributed by atoms with E-state index in [1.54, 1.807) is 13.8 Å². The van der Waals surface area contributed by atoms with E-state index in [1.165, 1.54) is 0 Å². The molecule has 0 radical (unpaired) electrons. The number of carboxylic acids is 2. The number of nitrogens with two attached hydrogens (primary N) is 2. The monoisotopic (exact) mass is 417 g/mol. The van der Waals surface area contributed by atoms with Crippen molar-refractivity contribution < 1.29 is 39.0 Å². The molecule has 0 saturated carbocycles. The number of hydrogen-bond acceptors (Lipinski definition) is 7. The van der Waals surface area contributed by atoms with Crippen molar-refractivity contribution in [3.8, 4) is 0 Å². The van der Waals surface area contributed by atoms with Gasteiger partial charge < -0.3 is 37.6 Å². The van der Waals surface area contributed by atoms with Crippen LogP contribution in [-0.4, -0.2) is 70.5 Å². The summed E-state index contributed by atoms with van der Waals surface area (Å²) in [5.74, 6) is -6.27. The number of amides is 4. The fourth-order valence-electron chi connectivity index (χ4n) is 2.15. The second-order valence-corrected chi connectivity index (χ2v) is 6.62. The molecule has 0 heterocycles. The van der Waals surface area contributed by atoms with Crippen molar-refractivity contribution in [2.24, 2.45) is 17.4 Å². The van der Waals surface area contributed by atoms with Gasteiger partial charge in [-0.15, -0.1) is 0 Å². The van der Waals surface area contributed by atoms with Crippen LogP contribution in [0.15, 0.2) is 0 Å². The first kappa shape index (κ1) is 25.8. The van der Waals surface area contributed by atoms with Gasteiger partial charge >= 0.3 is 11.9 Å². The number of rotatable bonds is 13. The van der Waals surface area contributed by atoms with E-state index < -0.39 is 79.0 Å². The number of primary amides is 1. The summed E-state index contributed by atoms with van der Waals surface area (Å²) in [6.45, 7) is 2.58. The largest absolute Gasteiger partial charge is 0.481 e. The average Bonchev–Trinajstić information content (AvgIpc) is 2.59. The third kappa shape index (κ3) is 10.6. The first-order chi connectivity index (χ1) is 13.3. The molecule has 0 fully saturated rings. The molecule has 3 unspecified atom stereocenters. The molecule has 0 rings (SSSR count). The summed E-state index contributed by atoms with van der Waals surface area (Å²) in [5, 5.41) is 24.5. The number of carbonyl (C=O) groups excluding carboxylic acids is 4. The van der Waals surface area contributed by atoms with Gasteiger partial charge in [0, 0.05) is 6.42 Å². The smallest absolute Gasteiger partial charge is 0.326 e. The van der Waals surface area contributed by atoms with E-state index in [4.69, 9.17) is 21.7 Å². The van der Waals surface area contributed by atoms with Crippen molar-refractivity contribution in [1.29, 1.82) is 0 Å². The van der Waals surface area contributed by atoms with Gasteiger partial charge in [0.05, 0.1) is 19.0 Å². The molecule has 0 aromatic rings. The van der Waals surface area contributed by atoms with Crippen LogP contribution in [0.1, 0.15) is 33.1 Å². The van der Waals surface area contributed by atoms with Crippen LogP contribution >= 0.6 is 0 Å². The van der Waals surface area contributed by atoms with Crippen LogP contribution in [0.25, 0.3) is 0 Å². The van der Waals surface area contributed by atoms with Crippen LogP contribution < -0.4 is 27.4 Å². The Balaban J connectivity index is 4.92. The molecule has 0 bridgehead atoms. The molecule has 0 saturated heterocycles. The molecular weight excluding hydrogens is 390 g/mol. The lowest BCUT2D eigenvalue weighted by molar-refractivity contribution is -0.143. The molecule has 3 atom stereocenters. The highest BCUT2D eigenvalue weighted by Gasteiger charge is 2.27. The van der Waals surface area contributed by atoms with Crippen molar-refractivity contribution in [2.45, 2.75) is 51.2 Å². The maximum Gasteiger partial charge on any atom is 0.326 e. The van der Waals surface area contributed by atoms with Crippen LogP contribution in [0.5, 0.6) is 0 Å². The average molecular weight is 417 g/mol. The van der Waals surface area contributed by atoms with Gasteiger partial charge in [-0.1, -0.05) is 13.8 Å². The summed E-state index contributed by atoms with van der Waals surface area (Å²) in [6.07, 6.45) is -1.25. The zero-order valence-corrected chi connectivity index (χ0v) is 16.1. The fourth-order valence-corrected chi connectivity index (χ4v) is 2.15. The molecule has 9 N–H and O–H groups in total. The summed E-state index contributed by atoms with van der Waals surface area (Å²) in [7, 11) is 0. The van der Waals surface area contributed by atoms with Gasteiger partial charge in [-0.05, 0) is 12.3 Å². The van der Waals surface area contributed by atoms with E-state index >= 15 is 0 Å². The van der Waals surface area contributed by atoms with Crippen LogP contribution in [0.4, 0.5) is 0 Å². The fraction of sp³-hybridized carbons (Fsp3) is 0.625. The predicted octanol–water partition coefficient (Wildman–Crippen LogP) is -3.12. The molecule has 0 aliphatic carbocycles. The SMILES string of the molecule is CC(C)C(NC(=O)CNC(=O)C(CCC(=O)O)NC(=O)C(N)CC(N)=O)C(=O)O. The third-order valence-electron chi connectivity index (χ3n) is 3.71. The first-order valence-corrected chi connectivity index (χ1v) is 8.71. The Bertz CT molecular complexity index is 651. The summed E-state index contributed by atoms with van der Waals surface area (Å²) in [6, 6.07) is -3.84. The normalized spacial score (nSPS) is 13.7. The maximum atomic E-state index is 12.2. The van der Waals surface area contributed by atoms with E-state index in [9.17, 15) is 28.8 Å². The second-order valence-electron chi connectivity index (χ2n) is 6.62. The minimum absolute atomic E-state index is 0.304. The van der Waals surface area contributed by atoms with Gasteiger partial charge in [0.15, 0.2) is 0 Å². The highest BCUT2D eigenvalue weighted by molar-refractivity contribution is 5.94. The maximum absolute atomic E-state index is 12.2. The Morgan fingerprint density at radius 1 is 0.966 bits per heavy atom. The Morgan fingerprint density at radius 3 is 2.00 bits per heavy atom. The minimum Gasteiger partial charge on any atom is -0.481 e. The van der Waals surface area contributed by atoms with Gasteiger partial charge in [-0.3, -0.25) is 24.0 Å². The molecule has 29 heavy (non-hydrogen) atoms. The number of hydrogen-bond donors (Lipinski definition) is 7.